The van der Waals surface area contributed by atoms with Gasteiger partial charge in [-0.2, -0.15) is 5.26 Å². The molecule has 3 heteroatoms. The average Bonchev–Trinajstić information content (AvgIpc) is 2.25. The van der Waals surface area contributed by atoms with E-state index in [1.54, 1.807) is 6.20 Å². The second kappa shape index (κ2) is 7.05. The van der Waals surface area contributed by atoms with Gasteiger partial charge in [0.05, 0.1) is 6.07 Å². The van der Waals surface area contributed by atoms with Crippen LogP contribution in [0.1, 0.15) is 18.4 Å². The maximum Gasteiger partial charge on any atom is 0.0622 e. The van der Waals surface area contributed by atoms with E-state index in [0.717, 1.165) is 25.9 Å². The van der Waals surface area contributed by atoms with Crippen LogP contribution >= 0.6 is 0 Å². The molecule has 0 aliphatic rings. The van der Waals surface area contributed by atoms with Gasteiger partial charge in [-0.15, -0.1) is 0 Å². The smallest absolute Gasteiger partial charge is 0.0622 e. The molecule has 1 aromatic heterocycles. The van der Waals surface area contributed by atoms with Crippen LogP contribution in [0.5, 0.6) is 0 Å². The Kier molecular flexibility index (Phi) is 5.38. The normalized spacial score (nSPS) is 9.64. The molecule has 0 saturated heterocycles. The Bertz CT molecular complexity index is 276. The van der Waals surface area contributed by atoms with Crippen LogP contribution in [0.25, 0.3) is 0 Å². The molecule has 0 aliphatic carbocycles. The third-order valence-electron chi connectivity index (χ3n) is 1.96. The molecule has 0 spiro atoms. The zero-order valence-corrected chi connectivity index (χ0v) is 8.24. The van der Waals surface area contributed by atoms with Crippen LogP contribution in [0.2, 0.25) is 0 Å². The van der Waals surface area contributed by atoms with Crippen LogP contribution in [-0.2, 0) is 6.42 Å². The summed E-state index contributed by atoms with van der Waals surface area (Å²) >= 11 is 0. The standard InChI is InChI=1S/C11H15N3/c12-6-1-2-7-13-9-5-11-4-3-8-14-10-11/h3-4,8,10,13H,1-2,5,7,9H2. The first-order valence-electron chi connectivity index (χ1n) is 4.90. The van der Waals surface area contributed by atoms with Crippen molar-refractivity contribution in [3.63, 3.8) is 0 Å². The van der Waals surface area contributed by atoms with E-state index in [2.05, 4.69) is 22.4 Å². The van der Waals surface area contributed by atoms with Crippen molar-refractivity contribution in [1.29, 1.82) is 5.26 Å². The average molecular weight is 189 g/mol. The van der Waals surface area contributed by atoms with Crippen molar-refractivity contribution in [2.45, 2.75) is 19.3 Å². The summed E-state index contributed by atoms with van der Waals surface area (Å²) in [5.74, 6) is 0. The predicted molar refractivity (Wildman–Crippen MR) is 55.7 cm³/mol. The Balaban J connectivity index is 2.03. The molecular weight excluding hydrogens is 174 g/mol. The number of aromatic nitrogens is 1. The van der Waals surface area contributed by atoms with Gasteiger partial charge in [0.25, 0.3) is 0 Å². The lowest BCUT2D eigenvalue weighted by molar-refractivity contribution is 0.654. The molecule has 3 nitrogen and oxygen atoms in total. The van der Waals surface area contributed by atoms with E-state index in [-0.39, 0.29) is 0 Å². The molecule has 1 heterocycles. The van der Waals surface area contributed by atoms with Crippen molar-refractivity contribution < 1.29 is 0 Å². The highest BCUT2D eigenvalue weighted by Crippen LogP contribution is 1.95. The second-order valence-corrected chi connectivity index (χ2v) is 3.12. The summed E-state index contributed by atoms with van der Waals surface area (Å²) in [6, 6.07) is 6.15. The SMILES string of the molecule is N#CCCCNCCc1cccnc1. The van der Waals surface area contributed by atoms with E-state index >= 15 is 0 Å². The van der Waals surface area contributed by atoms with Crippen molar-refractivity contribution in [3.8, 4) is 6.07 Å². The fourth-order valence-electron chi connectivity index (χ4n) is 1.20. The lowest BCUT2D eigenvalue weighted by atomic mass is 10.2. The van der Waals surface area contributed by atoms with Gasteiger partial charge in [0.15, 0.2) is 0 Å². The number of hydrogen-bond acceptors (Lipinski definition) is 3. The van der Waals surface area contributed by atoms with Crippen LogP contribution in [0, 0.1) is 11.3 Å². The highest BCUT2D eigenvalue weighted by Gasteiger charge is 1.91. The molecule has 0 unspecified atom stereocenters. The number of nitrogens with one attached hydrogen (secondary N) is 1. The molecule has 1 rings (SSSR count). The highest BCUT2D eigenvalue weighted by molar-refractivity contribution is 5.08. The highest BCUT2D eigenvalue weighted by atomic mass is 14.8. The first-order valence-corrected chi connectivity index (χ1v) is 4.90. The summed E-state index contributed by atoms with van der Waals surface area (Å²) in [6.07, 6.45) is 6.24. The minimum Gasteiger partial charge on any atom is -0.316 e. The summed E-state index contributed by atoms with van der Waals surface area (Å²) in [5.41, 5.74) is 1.25. The monoisotopic (exact) mass is 189 g/mol. The Morgan fingerprint density at radius 2 is 2.36 bits per heavy atom. The van der Waals surface area contributed by atoms with Crippen LogP contribution in [0.3, 0.4) is 0 Å². The topological polar surface area (TPSA) is 48.7 Å². The first kappa shape index (κ1) is 10.7. The lowest BCUT2D eigenvalue weighted by Crippen LogP contribution is -2.18. The van der Waals surface area contributed by atoms with E-state index in [0.29, 0.717) is 6.42 Å². The van der Waals surface area contributed by atoms with Crippen molar-refractivity contribution >= 4 is 0 Å². The quantitative estimate of drug-likeness (QED) is 0.690. The molecule has 0 fully saturated rings. The van der Waals surface area contributed by atoms with E-state index in [1.165, 1.54) is 5.56 Å². The zero-order valence-electron chi connectivity index (χ0n) is 8.24. The Hall–Kier alpha value is -1.40. The molecule has 0 radical (unpaired) electrons. The van der Waals surface area contributed by atoms with E-state index in [9.17, 15) is 0 Å². The van der Waals surface area contributed by atoms with Gasteiger partial charge in [-0.1, -0.05) is 6.07 Å². The van der Waals surface area contributed by atoms with Gasteiger partial charge in [-0.05, 0) is 37.6 Å². The summed E-state index contributed by atoms with van der Waals surface area (Å²) in [5, 5.41) is 11.6. The number of nitriles is 1. The van der Waals surface area contributed by atoms with Crippen LogP contribution in [-0.4, -0.2) is 18.1 Å². The van der Waals surface area contributed by atoms with Gasteiger partial charge in [0, 0.05) is 18.8 Å². The third kappa shape index (κ3) is 4.58. The minimum absolute atomic E-state index is 0.639. The molecule has 0 saturated carbocycles. The van der Waals surface area contributed by atoms with Crippen LogP contribution < -0.4 is 5.32 Å². The number of hydrogen-bond donors (Lipinski definition) is 1. The number of unbranched alkanes of at least 4 members (excludes halogenated alkanes) is 1. The van der Waals surface area contributed by atoms with E-state index < -0.39 is 0 Å². The Morgan fingerprint density at radius 3 is 3.07 bits per heavy atom. The van der Waals surface area contributed by atoms with Crippen molar-refractivity contribution in [3.05, 3.63) is 30.1 Å². The number of rotatable bonds is 6. The molecule has 14 heavy (non-hydrogen) atoms. The van der Waals surface area contributed by atoms with E-state index in [4.69, 9.17) is 5.26 Å². The van der Waals surface area contributed by atoms with Crippen LogP contribution in [0.4, 0.5) is 0 Å². The van der Waals surface area contributed by atoms with Crippen molar-refractivity contribution in [1.82, 2.24) is 10.3 Å². The molecule has 0 amide bonds. The van der Waals surface area contributed by atoms with Gasteiger partial charge in [-0.25, -0.2) is 0 Å². The predicted octanol–water partition coefficient (Wildman–Crippen LogP) is 1.52. The summed E-state index contributed by atoms with van der Waals surface area (Å²) in [7, 11) is 0. The van der Waals surface area contributed by atoms with Gasteiger partial charge in [-0.3, -0.25) is 4.98 Å². The molecule has 0 aromatic carbocycles. The second-order valence-electron chi connectivity index (χ2n) is 3.12. The summed E-state index contributed by atoms with van der Waals surface area (Å²) < 4.78 is 0. The third-order valence-corrected chi connectivity index (χ3v) is 1.96. The van der Waals surface area contributed by atoms with Crippen molar-refractivity contribution in [2.75, 3.05) is 13.1 Å². The molecule has 1 aromatic rings. The largest absolute Gasteiger partial charge is 0.316 e. The van der Waals surface area contributed by atoms with Gasteiger partial charge in [0.2, 0.25) is 0 Å². The Labute approximate surface area is 84.8 Å². The number of pyridine rings is 1. The summed E-state index contributed by atoms with van der Waals surface area (Å²) in [6.45, 7) is 1.88. The van der Waals surface area contributed by atoms with E-state index in [1.807, 2.05) is 12.3 Å². The molecule has 1 N–H and O–H groups in total. The molecule has 0 atom stereocenters. The zero-order chi connectivity index (χ0) is 10.1. The van der Waals surface area contributed by atoms with Gasteiger partial charge < -0.3 is 5.32 Å². The maximum atomic E-state index is 8.31. The molecule has 0 aliphatic heterocycles. The molecule has 74 valence electrons. The van der Waals surface area contributed by atoms with Gasteiger partial charge in [0.1, 0.15) is 0 Å². The fraction of sp³-hybridized carbons (Fsp3) is 0.455. The Morgan fingerprint density at radius 1 is 1.43 bits per heavy atom. The van der Waals surface area contributed by atoms with Crippen LogP contribution in [0.15, 0.2) is 24.5 Å². The minimum atomic E-state index is 0.639. The fourth-order valence-corrected chi connectivity index (χ4v) is 1.20. The summed E-state index contributed by atoms with van der Waals surface area (Å²) in [4.78, 5) is 4.04. The lowest BCUT2D eigenvalue weighted by Gasteiger charge is -2.02. The molecule has 0 bridgehead atoms. The first-order chi connectivity index (χ1) is 6.93. The van der Waals surface area contributed by atoms with Gasteiger partial charge >= 0.3 is 0 Å². The van der Waals surface area contributed by atoms with Crippen molar-refractivity contribution in [2.24, 2.45) is 0 Å². The molecular formula is C11H15N3. The number of nitrogens with zero attached hydrogens (tertiary/aromatic N) is 2. The maximum absolute atomic E-state index is 8.31.